The van der Waals surface area contributed by atoms with Crippen LogP contribution < -0.4 is 0 Å². The topological polar surface area (TPSA) is 46.6 Å². The standard InChI is InChI=1S/C24H21NO3/c26-22(15-18-9-5-8-17-7-1-2-10-19(17)18)25-14-6-13-24(16-25)21-12-4-3-11-20(21)23(27)28-24/h1-5,7-12H,6,13-16H2/t24-/m1/s1. The zero-order valence-corrected chi connectivity index (χ0v) is 15.6. The third-order valence-corrected chi connectivity index (χ3v) is 5.96. The number of esters is 1. The zero-order valence-electron chi connectivity index (χ0n) is 15.6. The minimum atomic E-state index is -0.694. The Morgan fingerprint density at radius 2 is 1.79 bits per heavy atom. The summed E-state index contributed by atoms with van der Waals surface area (Å²) in [5, 5.41) is 2.25. The summed E-state index contributed by atoms with van der Waals surface area (Å²) in [5.74, 6) is -0.199. The zero-order chi connectivity index (χ0) is 19.1. The second-order valence-corrected chi connectivity index (χ2v) is 7.66. The average Bonchev–Trinajstić information content (AvgIpc) is 3.00. The van der Waals surface area contributed by atoms with Crippen molar-refractivity contribution in [3.63, 3.8) is 0 Å². The number of carbonyl (C=O) groups excluding carboxylic acids is 2. The van der Waals surface area contributed by atoms with E-state index in [9.17, 15) is 9.59 Å². The quantitative estimate of drug-likeness (QED) is 0.638. The highest BCUT2D eigenvalue weighted by Gasteiger charge is 2.48. The largest absolute Gasteiger partial charge is 0.449 e. The lowest BCUT2D eigenvalue weighted by molar-refractivity contribution is -0.138. The maximum absolute atomic E-state index is 13.1. The molecule has 5 rings (SSSR count). The van der Waals surface area contributed by atoms with Gasteiger partial charge in [0, 0.05) is 12.1 Å². The van der Waals surface area contributed by atoms with E-state index in [2.05, 4.69) is 18.2 Å². The van der Waals surface area contributed by atoms with Gasteiger partial charge in [0.15, 0.2) is 5.60 Å². The van der Waals surface area contributed by atoms with Gasteiger partial charge in [0.05, 0.1) is 18.5 Å². The highest BCUT2D eigenvalue weighted by atomic mass is 16.6. The van der Waals surface area contributed by atoms with Crippen LogP contribution in [0.2, 0.25) is 0 Å². The SMILES string of the molecule is O=C1O[C@@]2(CCCN(C(=O)Cc3cccc4ccccc34)C2)c2ccccc21. The molecule has 0 bridgehead atoms. The number of piperidine rings is 1. The molecule has 0 radical (unpaired) electrons. The van der Waals surface area contributed by atoms with Crippen LogP contribution in [0.1, 0.15) is 34.3 Å². The maximum atomic E-state index is 13.1. The van der Waals surface area contributed by atoms with Crippen molar-refractivity contribution >= 4 is 22.6 Å². The number of likely N-dealkylation sites (tertiary alicyclic amines) is 1. The van der Waals surface area contributed by atoms with Gasteiger partial charge in [-0.05, 0) is 35.2 Å². The molecule has 4 nitrogen and oxygen atoms in total. The molecule has 1 fully saturated rings. The highest BCUT2D eigenvalue weighted by Crippen LogP contribution is 2.42. The second kappa shape index (κ2) is 6.48. The molecule has 2 aliphatic rings. The molecule has 3 aromatic rings. The smallest absolute Gasteiger partial charge is 0.339 e. The molecule has 0 unspecified atom stereocenters. The first-order valence-electron chi connectivity index (χ1n) is 9.74. The third-order valence-electron chi connectivity index (χ3n) is 5.96. The van der Waals surface area contributed by atoms with Gasteiger partial charge in [0.1, 0.15) is 0 Å². The van der Waals surface area contributed by atoms with E-state index >= 15 is 0 Å². The van der Waals surface area contributed by atoms with Gasteiger partial charge in [-0.1, -0.05) is 60.7 Å². The van der Waals surface area contributed by atoms with E-state index in [1.807, 2.05) is 53.4 Å². The van der Waals surface area contributed by atoms with Crippen molar-refractivity contribution in [2.75, 3.05) is 13.1 Å². The van der Waals surface area contributed by atoms with Gasteiger partial charge in [-0.15, -0.1) is 0 Å². The van der Waals surface area contributed by atoms with Crippen LogP contribution in [0.25, 0.3) is 10.8 Å². The molecule has 28 heavy (non-hydrogen) atoms. The summed E-state index contributed by atoms with van der Waals surface area (Å²) in [6.45, 7) is 1.13. The molecule has 1 atom stereocenters. The number of rotatable bonds is 2. The van der Waals surface area contributed by atoms with Crippen LogP contribution >= 0.6 is 0 Å². The molecular formula is C24H21NO3. The van der Waals surface area contributed by atoms with Gasteiger partial charge in [-0.25, -0.2) is 4.79 Å². The lowest BCUT2D eigenvalue weighted by atomic mass is 9.85. The van der Waals surface area contributed by atoms with E-state index in [1.54, 1.807) is 0 Å². The van der Waals surface area contributed by atoms with Crippen molar-refractivity contribution in [1.29, 1.82) is 0 Å². The third kappa shape index (κ3) is 2.68. The predicted octanol–water partition coefficient (Wildman–Crippen LogP) is 4.07. The van der Waals surface area contributed by atoms with E-state index in [-0.39, 0.29) is 11.9 Å². The fraction of sp³-hybridized carbons (Fsp3) is 0.250. The Morgan fingerprint density at radius 3 is 2.71 bits per heavy atom. The average molecular weight is 371 g/mol. The first-order valence-corrected chi connectivity index (χ1v) is 9.74. The van der Waals surface area contributed by atoms with Crippen molar-refractivity contribution < 1.29 is 14.3 Å². The van der Waals surface area contributed by atoms with Crippen LogP contribution in [0.4, 0.5) is 0 Å². The fourth-order valence-electron chi connectivity index (χ4n) is 4.61. The van der Waals surface area contributed by atoms with Gasteiger partial charge < -0.3 is 9.64 Å². The van der Waals surface area contributed by atoms with Crippen molar-refractivity contribution in [2.45, 2.75) is 24.9 Å². The number of fused-ring (bicyclic) bond motifs is 3. The number of benzene rings is 3. The second-order valence-electron chi connectivity index (χ2n) is 7.66. The van der Waals surface area contributed by atoms with Crippen LogP contribution in [0.5, 0.6) is 0 Å². The summed E-state index contributed by atoms with van der Waals surface area (Å²) >= 11 is 0. The van der Waals surface area contributed by atoms with Crippen molar-refractivity contribution in [1.82, 2.24) is 4.90 Å². The van der Waals surface area contributed by atoms with E-state index in [0.29, 0.717) is 25.1 Å². The monoisotopic (exact) mass is 371 g/mol. The minimum Gasteiger partial charge on any atom is -0.449 e. The van der Waals surface area contributed by atoms with Crippen LogP contribution in [-0.2, 0) is 21.6 Å². The molecule has 0 saturated carbocycles. The molecule has 2 heterocycles. The molecule has 0 N–H and O–H groups in total. The van der Waals surface area contributed by atoms with E-state index in [1.165, 1.54) is 0 Å². The Hall–Kier alpha value is -3.14. The molecule has 0 aliphatic carbocycles. The molecule has 0 aromatic heterocycles. The van der Waals surface area contributed by atoms with Gasteiger partial charge in [-0.2, -0.15) is 0 Å². The Labute approximate surface area is 163 Å². The van der Waals surface area contributed by atoms with E-state index < -0.39 is 5.60 Å². The summed E-state index contributed by atoms with van der Waals surface area (Å²) < 4.78 is 5.83. The Kier molecular flexibility index (Phi) is 3.93. The summed E-state index contributed by atoms with van der Waals surface area (Å²) in [7, 11) is 0. The first kappa shape index (κ1) is 17.0. The van der Waals surface area contributed by atoms with E-state index in [0.717, 1.165) is 34.7 Å². The molecule has 140 valence electrons. The van der Waals surface area contributed by atoms with Crippen LogP contribution in [0, 0.1) is 0 Å². The number of ether oxygens (including phenoxy) is 1. The normalized spacial score (nSPS) is 21.0. The van der Waals surface area contributed by atoms with Crippen LogP contribution in [0.15, 0.2) is 66.7 Å². The molecular weight excluding hydrogens is 350 g/mol. The van der Waals surface area contributed by atoms with Crippen molar-refractivity contribution in [3.05, 3.63) is 83.4 Å². The van der Waals surface area contributed by atoms with Crippen LogP contribution in [0.3, 0.4) is 0 Å². The molecule has 1 amide bonds. The van der Waals surface area contributed by atoms with Gasteiger partial charge >= 0.3 is 5.97 Å². The molecule has 1 saturated heterocycles. The molecule has 1 spiro atoms. The van der Waals surface area contributed by atoms with Crippen molar-refractivity contribution in [3.8, 4) is 0 Å². The summed E-state index contributed by atoms with van der Waals surface area (Å²) in [6, 6.07) is 21.8. The highest BCUT2D eigenvalue weighted by molar-refractivity contribution is 5.95. The van der Waals surface area contributed by atoms with Gasteiger partial charge in [0.25, 0.3) is 0 Å². The molecule has 2 aliphatic heterocycles. The minimum absolute atomic E-state index is 0.0795. The number of nitrogens with zero attached hydrogens (tertiary/aromatic N) is 1. The Morgan fingerprint density at radius 1 is 1.00 bits per heavy atom. The summed E-state index contributed by atoms with van der Waals surface area (Å²) in [6.07, 6.45) is 1.93. The number of carbonyl (C=O) groups is 2. The maximum Gasteiger partial charge on any atom is 0.339 e. The molecule has 3 aromatic carbocycles. The van der Waals surface area contributed by atoms with E-state index in [4.69, 9.17) is 4.74 Å². The first-order chi connectivity index (χ1) is 13.7. The Bertz CT molecular complexity index is 1080. The number of hydrogen-bond acceptors (Lipinski definition) is 3. The predicted molar refractivity (Wildman–Crippen MR) is 107 cm³/mol. The van der Waals surface area contributed by atoms with Gasteiger partial charge in [0.2, 0.25) is 5.91 Å². The summed E-state index contributed by atoms with van der Waals surface area (Å²) in [5.41, 5.74) is 1.89. The lowest BCUT2D eigenvalue weighted by Gasteiger charge is -2.39. The van der Waals surface area contributed by atoms with Crippen molar-refractivity contribution in [2.24, 2.45) is 0 Å². The summed E-state index contributed by atoms with van der Waals surface area (Å²) in [4.78, 5) is 27.3. The Balaban J connectivity index is 1.41. The van der Waals surface area contributed by atoms with Gasteiger partial charge in [-0.3, -0.25) is 4.79 Å². The number of hydrogen-bond donors (Lipinski definition) is 0. The molecule has 4 heteroatoms. The number of amides is 1. The lowest BCUT2D eigenvalue weighted by Crippen LogP contribution is -2.49. The van der Waals surface area contributed by atoms with Crippen LogP contribution in [-0.4, -0.2) is 29.9 Å². The fourth-order valence-corrected chi connectivity index (χ4v) is 4.61.